The van der Waals surface area contributed by atoms with Crippen LogP contribution in [-0.2, 0) is 16.3 Å². The van der Waals surface area contributed by atoms with Crippen LogP contribution in [0.25, 0.3) is 0 Å². The van der Waals surface area contributed by atoms with Crippen molar-refractivity contribution >= 4 is 9.84 Å². The molecule has 0 atom stereocenters. The summed E-state index contributed by atoms with van der Waals surface area (Å²) in [6.45, 7) is 8.84. The van der Waals surface area contributed by atoms with Crippen LogP contribution in [0.3, 0.4) is 0 Å². The molecule has 0 spiro atoms. The zero-order valence-electron chi connectivity index (χ0n) is 12.3. The Labute approximate surface area is 115 Å². The number of aromatic nitrogens is 1. The molecule has 1 aromatic heterocycles. The van der Waals surface area contributed by atoms with Crippen LogP contribution in [0, 0.1) is 13.8 Å². The Bertz CT molecular complexity index is 612. The molecule has 1 heterocycles. The van der Waals surface area contributed by atoms with E-state index in [1.54, 1.807) is 20.8 Å². The fourth-order valence-corrected chi connectivity index (χ4v) is 3.53. The SMILES string of the molecule is CCCCc1c(C)[nH]c(=O)c(S(=O)(=O)C(C)C)c1C. The summed E-state index contributed by atoms with van der Waals surface area (Å²) in [5.74, 6) is 0. The van der Waals surface area contributed by atoms with Gasteiger partial charge in [0.1, 0.15) is 4.90 Å². The van der Waals surface area contributed by atoms with Gasteiger partial charge in [-0.15, -0.1) is 0 Å². The molecule has 0 radical (unpaired) electrons. The molecule has 0 unspecified atom stereocenters. The number of hydrogen-bond acceptors (Lipinski definition) is 3. The molecule has 0 aromatic carbocycles. The van der Waals surface area contributed by atoms with Gasteiger partial charge in [-0.3, -0.25) is 4.79 Å². The Hall–Kier alpha value is -1.10. The third-order valence-electron chi connectivity index (χ3n) is 3.44. The minimum absolute atomic E-state index is 0.0563. The Morgan fingerprint density at radius 3 is 2.26 bits per heavy atom. The molecule has 0 amide bonds. The number of hydrogen-bond donors (Lipinski definition) is 1. The first-order valence-corrected chi connectivity index (χ1v) is 8.24. The van der Waals surface area contributed by atoms with E-state index in [1.165, 1.54) is 0 Å². The highest BCUT2D eigenvalue weighted by Crippen LogP contribution is 2.22. The average molecular weight is 285 g/mol. The molecule has 108 valence electrons. The number of aryl methyl sites for hydroxylation is 1. The van der Waals surface area contributed by atoms with Gasteiger partial charge in [-0.05, 0) is 51.7 Å². The van der Waals surface area contributed by atoms with Gasteiger partial charge in [0.15, 0.2) is 9.84 Å². The number of unbranched alkanes of at least 4 members (excludes halogenated alkanes) is 1. The maximum absolute atomic E-state index is 12.3. The van der Waals surface area contributed by atoms with Crippen LogP contribution in [0.15, 0.2) is 9.69 Å². The highest BCUT2D eigenvalue weighted by molar-refractivity contribution is 7.92. The molecule has 4 nitrogen and oxygen atoms in total. The molecule has 19 heavy (non-hydrogen) atoms. The van der Waals surface area contributed by atoms with Gasteiger partial charge in [-0.1, -0.05) is 13.3 Å². The van der Waals surface area contributed by atoms with Crippen molar-refractivity contribution in [3.8, 4) is 0 Å². The van der Waals surface area contributed by atoms with E-state index in [-0.39, 0.29) is 4.90 Å². The third kappa shape index (κ3) is 3.08. The lowest BCUT2D eigenvalue weighted by atomic mass is 10.0. The van der Waals surface area contributed by atoms with E-state index in [2.05, 4.69) is 11.9 Å². The van der Waals surface area contributed by atoms with Gasteiger partial charge in [-0.25, -0.2) is 8.42 Å². The smallest absolute Gasteiger partial charge is 0.267 e. The number of sulfone groups is 1. The number of pyridine rings is 1. The minimum Gasteiger partial charge on any atom is -0.325 e. The first-order chi connectivity index (χ1) is 8.73. The molecule has 0 aliphatic rings. The van der Waals surface area contributed by atoms with Gasteiger partial charge in [0.2, 0.25) is 0 Å². The molecule has 0 saturated carbocycles. The summed E-state index contributed by atoms with van der Waals surface area (Å²) < 4.78 is 24.6. The first kappa shape index (κ1) is 16.0. The molecule has 0 aliphatic heterocycles. The van der Waals surface area contributed by atoms with E-state index in [1.807, 2.05) is 6.92 Å². The van der Waals surface area contributed by atoms with Crippen molar-refractivity contribution in [2.24, 2.45) is 0 Å². The van der Waals surface area contributed by atoms with E-state index < -0.39 is 20.6 Å². The lowest BCUT2D eigenvalue weighted by molar-refractivity contribution is 0.584. The van der Waals surface area contributed by atoms with Crippen molar-refractivity contribution in [2.75, 3.05) is 0 Å². The lowest BCUT2D eigenvalue weighted by Crippen LogP contribution is -2.27. The molecular weight excluding hydrogens is 262 g/mol. The predicted molar refractivity (Wildman–Crippen MR) is 77.5 cm³/mol. The monoisotopic (exact) mass is 285 g/mol. The maximum Gasteiger partial charge on any atom is 0.267 e. The van der Waals surface area contributed by atoms with Gasteiger partial charge in [-0.2, -0.15) is 0 Å². The van der Waals surface area contributed by atoms with Crippen LogP contribution in [0.2, 0.25) is 0 Å². The van der Waals surface area contributed by atoms with Crippen LogP contribution >= 0.6 is 0 Å². The fourth-order valence-electron chi connectivity index (χ4n) is 2.20. The van der Waals surface area contributed by atoms with E-state index in [0.717, 1.165) is 30.5 Å². The summed E-state index contributed by atoms with van der Waals surface area (Å²) in [5.41, 5.74) is 1.85. The van der Waals surface area contributed by atoms with Gasteiger partial charge >= 0.3 is 0 Å². The topological polar surface area (TPSA) is 67.0 Å². The number of nitrogens with one attached hydrogen (secondary N) is 1. The molecular formula is C14H23NO3S. The minimum atomic E-state index is -3.55. The fraction of sp³-hybridized carbons (Fsp3) is 0.643. The second-order valence-electron chi connectivity index (χ2n) is 5.21. The molecule has 0 aliphatic carbocycles. The van der Waals surface area contributed by atoms with Gasteiger partial charge in [0.25, 0.3) is 5.56 Å². The lowest BCUT2D eigenvalue weighted by Gasteiger charge is -2.15. The van der Waals surface area contributed by atoms with Crippen LogP contribution in [0.4, 0.5) is 0 Å². The Kier molecular flexibility index (Phi) is 4.96. The average Bonchev–Trinajstić information content (AvgIpc) is 2.27. The van der Waals surface area contributed by atoms with Crippen molar-refractivity contribution in [2.45, 2.75) is 64.0 Å². The van der Waals surface area contributed by atoms with Crippen LogP contribution in [0.5, 0.6) is 0 Å². The second kappa shape index (κ2) is 5.90. The van der Waals surface area contributed by atoms with Crippen LogP contribution in [0.1, 0.15) is 50.4 Å². The summed E-state index contributed by atoms with van der Waals surface area (Å²) >= 11 is 0. The molecule has 5 heteroatoms. The molecule has 1 N–H and O–H groups in total. The first-order valence-electron chi connectivity index (χ1n) is 6.69. The summed E-state index contributed by atoms with van der Waals surface area (Å²) in [6, 6.07) is 0. The number of rotatable bonds is 5. The number of aromatic amines is 1. The van der Waals surface area contributed by atoms with Crippen LogP contribution < -0.4 is 5.56 Å². The van der Waals surface area contributed by atoms with Crippen LogP contribution in [-0.4, -0.2) is 18.7 Å². The molecule has 0 fully saturated rings. The Balaban J connectivity index is 3.55. The Morgan fingerprint density at radius 1 is 1.21 bits per heavy atom. The number of H-pyrrole nitrogens is 1. The quantitative estimate of drug-likeness (QED) is 0.904. The Morgan fingerprint density at radius 2 is 1.79 bits per heavy atom. The van der Waals surface area contributed by atoms with E-state index in [4.69, 9.17) is 0 Å². The normalized spacial score (nSPS) is 12.1. The summed E-state index contributed by atoms with van der Waals surface area (Å²) in [7, 11) is -3.55. The van der Waals surface area contributed by atoms with E-state index >= 15 is 0 Å². The van der Waals surface area contributed by atoms with Crippen molar-refractivity contribution in [1.82, 2.24) is 4.98 Å². The van der Waals surface area contributed by atoms with Gasteiger partial charge in [0.05, 0.1) is 5.25 Å². The predicted octanol–water partition coefficient (Wildman–Crippen LogP) is 2.52. The highest BCUT2D eigenvalue weighted by Gasteiger charge is 2.26. The highest BCUT2D eigenvalue weighted by atomic mass is 32.2. The van der Waals surface area contributed by atoms with Gasteiger partial charge < -0.3 is 4.98 Å². The second-order valence-corrected chi connectivity index (χ2v) is 7.65. The van der Waals surface area contributed by atoms with Crippen molar-refractivity contribution < 1.29 is 8.42 Å². The van der Waals surface area contributed by atoms with Crippen molar-refractivity contribution in [3.63, 3.8) is 0 Å². The standard InChI is InChI=1S/C14H23NO3S/c1-6-7-8-12-10(4)13(14(16)15-11(12)5)19(17,18)9(2)3/h9H,6-8H2,1-5H3,(H,15,16). The largest absolute Gasteiger partial charge is 0.325 e. The van der Waals surface area contributed by atoms with E-state index in [9.17, 15) is 13.2 Å². The molecule has 1 rings (SSSR count). The zero-order valence-corrected chi connectivity index (χ0v) is 13.1. The zero-order chi connectivity index (χ0) is 14.8. The molecule has 0 bridgehead atoms. The summed E-state index contributed by atoms with van der Waals surface area (Å²) in [6.07, 6.45) is 2.81. The van der Waals surface area contributed by atoms with Crippen molar-refractivity contribution in [1.29, 1.82) is 0 Å². The van der Waals surface area contributed by atoms with Gasteiger partial charge in [0, 0.05) is 5.69 Å². The summed E-state index contributed by atoms with van der Waals surface area (Å²) in [4.78, 5) is 14.6. The maximum atomic E-state index is 12.3. The third-order valence-corrected chi connectivity index (χ3v) is 5.74. The summed E-state index contributed by atoms with van der Waals surface area (Å²) in [5, 5.41) is -0.589. The van der Waals surface area contributed by atoms with Crippen molar-refractivity contribution in [3.05, 3.63) is 27.2 Å². The van der Waals surface area contributed by atoms with E-state index in [0.29, 0.717) is 5.56 Å². The molecule has 1 aromatic rings. The molecule has 0 saturated heterocycles.